The molecule has 1 aromatic heterocycles. The van der Waals surface area contributed by atoms with E-state index >= 15 is 0 Å². The smallest absolute Gasteiger partial charge is 0.237 e. The van der Waals surface area contributed by atoms with Gasteiger partial charge in [-0.15, -0.1) is 0 Å². The van der Waals surface area contributed by atoms with Crippen molar-refractivity contribution in [2.24, 2.45) is 5.84 Å². The Bertz CT molecular complexity index is 264. The standard InChI is InChI=1S/C8H14N4S/c1-6(2)13-5-7-3-4-10-8(11-7)12-9/h3-4,6H,5,9H2,1-2H3,(H,10,11,12). The minimum Gasteiger partial charge on any atom is -0.292 e. The fourth-order valence-corrected chi connectivity index (χ4v) is 1.46. The van der Waals surface area contributed by atoms with Crippen LogP contribution in [0.1, 0.15) is 19.5 Å². The van der Waals surface area contributed by atoms with Crippen molar-refractivity contribution in [1.82, 2.24) is 9.97 Å². The Hall–Kier alpha value is -0.810. The zero-order chi connectivity index (χ0) is 9.68. The van der Waals surface area contributed by atoms with Gasteiger partial charge in [-0.2, -0.15) is 11.8 Å². The highest BCUT2D eigenvalue weighted by molar-refractivity contribution is 7.99. The zero-order valence-electron chi connectivity index (χ0n) is 7.82. The second kappa shape index (κ2) is 5.04. The third kappa shape index (κ3) is 3.61. The molecule has 0 radical (unpaired) electrons. The molecule has 0 aliphatic rings. The van der Waals surface area contributed by atoms with E-state index in [4.69, 9.17) is 5.84 Å². The van der Waals surface area contributed by atoms with E-state index in [1.807, 2.05) is 17.8 Å². The van der Waals surface area contributed by atoms with Crippen molar-refractivity contribution in [1.29, 1.82) is 0 Å². The molecule has 0 aromatic carbocycles. The summed E-state index contributed by atoms with van der Waals surface area (Å²) in [6.07, 6.45) is 1.71. The van der Waals surface area contributed by atoms with Crippen LogP contribution in [0.3, 0.4) is 0 Å². The van der Waals surface area contributed by atoms with Crippen LogP contribution in [0.15, 0.2) is 12.3 Å². The van der Waals surface area contributed by atoms with Crippen LogP contribution in [0.5, 0.6) is 0 Å². The van der Waals surface area contributed by atoms with Gasteiger partial charge in [0.25, 0.3) is 0 Å². The second-order valence-corrected chi connectivity index (χ2v) is 4.44. The minimum atomic E-state index is 0.474. The fourth-order valence-electron chi connectivity index (χ4n) is 0.798. The lowest BCUT2D eigenvalue weighted by molar-refractivity contribution is 1.05. The first-order valence-corrected chi connectivity index (χ1v) is 5.17. The number of aromatic nitrogens is 2. The summed E-state index contributed by atoms with van der Waals surface area (Å²) in [5.41, 5.74) is 3.43. The molecule has 0 unspecified atom stereocenters. The summed E-state index contributed by atoms with van der Waals surface area (Å²) in [5.74, 6) is 6.56. The molecule has 0 fully saturated rings. The molecule has 13 heavy (non-hydrogen) atoms. The van der Waals surface area contributed by atoms with Crippen molar-refractivity contribution in [2.75, 3.05) is 5.43 Å². The summed E-state index contributed by atoms with van der Waals surface area (Å²) in [4.78, 5) is 8.12. The van der Waals surface area contributed by atoms with E-state index in [1.54, 1.807) is 6.20 Å². The molecule has 1 heterocycles. The molecule has 0 saturated heterocycles. The lowest BCUT2D eigenvalue weighted by atomic mass is 10.5. The van der Waals surface area contributed by atoms with E-state index in [2.05, 4.69) is 29.2 Å². The van der Waals surface area contributed by atoms with Gasteiger partial charge in [-0.1, -0.05) is 13.8 Å². The SMILES string of the molecule is CC(C)SCc1ccnc(NN)n1. The molecule has 0 saturated carbocycles. The van der Waals surface area contributed by atoms with Crippen molar-refractivity contribution in [2.45, 2.75) is 24.9 Å². The molecule has 4 nitrogen and oxygen atoms in total. The van der Waals surface area contributed by atoms with Crippen LogP contribution in [0, 0.1) is 0 Å². The van der Waals surface area contributed by atoms with Crippen LogP contribution in [0.25, 0.3) is 0 Å². The number of anilines is 1. The molecule has 0 spiro atoms. The first kappa shape index (κ1) is 10.3. The molecule has 1 rings (SSSR count). The molecule has 0 aliphatic heterocycles. The molecule has 1 aromatic rings. The van der Waals surface area contributed by atoms with Crippen molar-refractivity contribution in [3.63, 3.8) is 0 Å². The molecule has 0 amide bonds. The van der Waals surface area contributed by atoms with Crippen LogP contribution < -0.4 is 11.3 Å². The van der Waals surface area contributed by atoms with Gasteiger partial charge < -0.3 is 0 Å². The van der Waals surface area contributed by atoms with Gasteiger partial charge in [0.15, 0.2) is 0 Å². The van der Waals surface area contributed by atoms with Gasteiger partial charge >= 0.3 is 0 Å². The Morgan fingerprint density at radius 3 is 3.00 bits per heavy atom. The predicted octanol–water partition coefficient (Wildman–Crippen LogP) is 1.40. The van der Waals surface area contributed by atoms with E-state index in [0.29, 0.717) is 11.2 Å². The fraction of sp³-hybridized carbons (Fsp3) is 0.500. The van der Waals surface area contributed by atoms with E-state index in [0.717, 1.165) is 11.4 Å². The Kier molecular flexibility index (Phi) is 3.98. The topological polar surface area (TPSA) is 63.8 Å². The first-order valence-electron chi connectivity index (χ1n) is 4.12. The van der Waals surface area contributed by atoms with Crippen molar-refractivity contribution < 1.29 is 0 Å². The summed E-state index contributed by atoms with van der Waals surface area (Å²) in [6, 6.07) is 1.90. The number of nitrogens with two attached hydrogens (primary N) is 1. The maximum atomic E-state index is 5.19. The van der Waals surface area contributed by atoms with Gasteiger partial charge in [-0.25, -0.2) is 15.8 Å². The van der Waals surface area contributed by atoms with Gasteiger partial charge in [-0.05, 0) is 11.3 Å². The summed E-state index contributed by atoms with van der Waals surface area (Å²) < 4.78 is 0. The normalized spacial score (nSPS) is 10.5. The lowest BCUT2D eigenvalue weighted by Crippen LogP contribution is -2.10. The van der Waals surface area contributed by atoms with Crippen LogP contribution in [-0.2, 0) is 5.75 Å². The molecule has 0 aliphatic carbocycles. The highest BCUT2D eigenvalue weighted by Crippen LogP contribution is 2.15. The van der Waals surface area contributed by atoms with Crippen molar-refractivity contribution >= 4 is 17.7 Å². The maximum Gasteiger partial charge on any atom is 0.237 e. The van der Waals surface area contributed by atoms with E-state index < -0.39 is 0 Å². The monoisotopic (exact) mass is 198 g/mol. The Morgan fingerprint density at radius 2 is 2.38 bits per heavy atom. The predicted molar refractivity (Wildman–Crippen MR) is 56.3 cm³/mol. The summed E-state index contributed by atoms with van der Waals surface area (Å²) in [7, 11) is 0. The number of hydrazine groups is 1. The van der Waals surface area contributed by atoms with Crippen molar-refractivity contribution in [3.05, 3.63) is 18.0 Å². The number of thioether (sulfide) groups is 1. The van der Waals surface area contributed by atoms with Crippen LogP contribution in [0.2, 0.25) is 0 Å². The number of nitrogen functional groups attached to an aromatic ring is 1. The Labute approximate surface area is 82.3 Å². The van der Waals surface area contributed by atoms with Crippen LogP contribution >= 0.6 is 11.8 Å². The molecular formula is C8H14N4S. The van der Waals surface area contributed by atoms with Gasteiger partial charge in [0.1, 0.15) is 0 Å². The van der Waals surface area contributed by atoms with Crippen LogP contribution in [0.4, 0.5) is 5.95 Å². The molecule has 72 valence electrons. The largest absolute Gasteiger partial charge is 0.292 e. The Balaban J connectivity index is 2.56. The molecule has 0 bridgehead atoms. The summed E-state index contributed by atoms with van der Waals surface area (Å²) >= 11 is 1.84. The van der Waals surface area contributed by atoms with Gasteiger partial charge in [0.2, 0.25) is 5.95 Å². The van der Waals surface area contributed by atoms with E-state index in [9.17, 15) is 0 Å². The average Bonchev–Trinajstić information content (AvgIpc) is 2.15. The van der Waals surface area contributed by atoms with Gasteiger partial charge in [0.05, 0.1) is 5.69 Å². The molecule has 5 heteroatoms. The van der Waals surface area contributed by atoms with E-state index in [-0.39, 0.29) is 0 Å². The average molecular weight is 198 g/mol. The third-order valence-corrected chi connectivity index (χ3v) is 2.54. The van der Waals surface area contributed by atoms with Gasteiger partial charge in [-0.3, -0.25) is 5.43 Å². The van der Waals surface area contributed by atoms with E-state index in [1.165, 1.54) is 0 Å². The number of nitrogens with one attached hydrogen (secondary N) is 1. The summed E-state index contributed by atoms with van der Waals surface area (Å²) in [5, 5.41) is 0.615. The van der Waals surface area contributed by atoms with Crippen LogP contribution in [-0.4, -0.2) is 15.2 Å². The number of hydrogen-bond acceptors (Lipinski definition) is 5. The molecule has 0 atom stereocenters. The quantitative estimate of drug-likeness (QED) is 0.565. The third-order valence-electron chi connectivity index (χ3n) is 1.41. The number of hydrogen-bond donors (Lipinski definition) is 2. The van der Waals surface area contributed by atoms with Crippen molar-refractivity contribution in [3.8, 4) is 0 Å². The summed E-state index contributed by atoms with van der Waals surface area (Å²) in [6.45, 7) is 4.32. The first-order chi connectivity index (χ1) is 6.22. The Morgan fingerprint density at radius 1 is 1.62 bits per heavy atom. The lowest BCUT2D eigenvalue weighted by Gasteiger charge is -2.04. The maximum absolute atomic E-state index is 5.19. The number of nitrogens with zero attached hydrogens (tertiary/aromatic N) is 2. The molecular weight excluding hydrogens is 184 g/mol. The molecule has 3 N–H and O–H groups in total. The van der Waals surface area contributed by atoms with Gasteiger partial charge in [0, 0.05) is 11.9 Å². The minimum absolute atomic E-state index is 0.474. The zero-order valence-corrected chi connectivity index (χ0v) is 8.64. The second-order valence-electron chi connectivity index (χ2n) is 2.88. The highest BCUT2D eigenvalue weighted by Gasteiger charge is 1.99. The number of rotatable bonds is 4. The highest BCUT2D eigenvalue weighted by atomic mass is 32.2.